The van der Waals surface area contributed by atoms with Gasteiger partial charge in [-0.05, 0) is 0 Å². The molecule has 0 spiro atoms. The molecule has 0 saturated heterocycles. The summed E-state index contributed by atoms with van der Waals surface area (Å²) in [7, 11) is 0. The Morgan fingerprint density at radius 2 is 1.10 bits per heavy atom. The van der Waals surface area contributed by atoms with E-state index < -0.39 is 54.2 Å². The fraction of sp³-hybridized carbons (Fsp3) is 0.667. The van der Waals surface area contributed by atoms with Gasteiger partial charge in [0.15, 0.2) is 0 Å². The highest BCUT2D eigenvalue weighted by Gasteiger charge is 2.85. The quantitative estimate of drug-likeness (QED) is 0.359. The molecule has 0 amide bonds. The number of rotatable bonds is 8. The second-order valence-electron chi connectivity index (χ2n) is 4.38. The van der Waals surface area contributed by atoms with Gasteiger partial charge < -0.3 is 4.74 Å². The third-order valence-electron chi connectivity index (χ3n) is 2.46. The van der Waals surface area contributed by atoms with Crippen LogP contribution in [-0.2, 0) is 19.2 Å². The number of ether oxygens (including phenoxy) is 2. The molecule has 0 aromatic heterocycles. The third kappa shape index (κ3) is 4.55. The lowest BCUT2D eigenvalue weighted by Gasteiger charge is -2.38. The first kappa shape index (κ1) is 26.9. The molecule has 172 valence electrons. The zero-order valence-corrected chi connectivity index (χ0v) is 12.2. The van der Waals surface area contributed by atoms with Crippen LogP contribution in [0.3, 0.4) is 0 Å². The topological polar surface area (TPSA) is 44.8 Å². The highest BCUT2D eigenvalue weighted by atomic mass is 19.4. The molecule has 0 N–H and O–H groups in total. The maximum absolute atomic E-state index is 13.5. The van der Waals surface area contributed by atoms with Crippen LogP contribution >= 0.6 is 0 Å². The van der Waals surface area contributed by atoms with Gasteiger partial charge in [-0.3, -0.25) is 4.74 Å². The summed E-state index contributed by atoms with van der Waals surface area (Å²) in [6, 6.07) is -4.05. The molecule has 0 fully saturated rings. The molecule has 0 saturated carbocycles. The fourth-order valence-corrected chi connectivity index (χ4v) is 1.10. The summed E-state index contributed by atoms with van der Waals surface area (Å²) in [5.74, 6) is -26.9. The molecular formula is C9F16O4. The van der Waals surface area contributed by atoms with Crippen molar-refractivity contribution in [2.24, 2.45) is 0 Å². The Labute approximate surface area is 145 Å². The Balaban J connectivity index is 6.46. The first-order valence-corrected chi connectivity index (χ1v) is 5.71. The standard InChI is InChI=1S/C9F16O4/c10-1(11)2(12)27-9(23,24)6(17,7(18,19)20)29-8(21,22)5(15,16)4(13,14)3(26)28-25. The second kappa shape index (κ2) is 7.59. The summed E-state index contributed by atoms with van der Waals surface area (Å²) in [6.07, 6.45) is -26.9. The number of carbonyl (C=O) groups is 1. The van der Waals surface area contributed by atoms with Crippen molar-refractivity contribution in [3.8, 4) is 0 Å². The number of alkyl halides is 12. The van der Waals surface area contributed by atoms with Crippen molar-refractivity contribution in [2.75, 3.05) is 0 Å². The van der Waals surface area contributed by atoms with E-state index in [2.05, 4.69) is 0 Å². The van der Waals surface area contributed by atoms with Gasteiger partial charge in [-0.2, -0.15) is 65.9 Å². The predicted molar refractivity (Wildman–Crippen MR) is 49.4 cm³/mol. The maximum Gasteiger partial charge on any atom is 0.471 e. The van der Waals surface area contributed by atoms with Crippen LogP contribution in [0.4, 0.5) is 70.4 Å². The Morgan fingerprint density at radius 1 is 0.690 bits per heavy atom. The minimum atomic E-state index is -7.80. The summed E-state index contributed by atoms with van der Waals surface area (Å²) < 4.78 is 204. The van der Waals surface area contributed by atoms with E-state index in [0.717, 1.165) is 0 Å². The number of carbonyl (C=O) groups excluding carboxylic acids is 1. The van der Waals surface area contributed by atoms with Crippen LogP contribution < -0.4 is 0 Å². The number of hydrogen-bond donors (Lipinski definition) is 0. The van der Waals surface area contributed by atoms with E-state index in [-0.39, 0.29) is 0 Å². The van der Waals surface area contributed by atoms with Crippen molar-refractivity contribution in [1.82, 2.24) is 0 Å². The zero-order valence-electron chi connectivity index (χ0n) is 12.2. The van der Waals surface area contributed by atoms with Crippen LogP contribution in [0.15, 0.2) is 12.1 Å². The predicted octanol–water partition coefficient (Wildman–Crippen LogP) is 5.17. The second-order valence-corrected chi connectivity index (χ2v) is 4.38. The lowest BCUT2D eigenvalue weighted by Crippen LogP contribution is -2.66. The summed E-state index contributed by atoms with van der Waals surface area (Å²) >= 11 is 0. The van der Waals surface area contributed by atoms with E-state index in [1.807, 2.05) is 0 Å². The van der Waals surface area contributed by atoms with Gasteiger partial charge in [0, 0.05) is 4.53 Å². The van der Waals surface area contributed by atoms with Gasteiger partial charge in [-0.15, -0.1) is 0 Å². The van der Waals surface area contributed by atoms with Crippen molar-refractivity contribution < 1.29 is 89.6 Å². The van der Waals surface area contributed by atoms with E-state index in [1.165, 1.54) is 9.68 Å². The van der Waals surface area contributed by atoms with Crippen molar-refractivity contribution >= 4 is 5.97 Å². The van der Waals surface area contributed by atoms with Crippen LogP contribution in [0.25, 0.3) is 0 Å². The van der Waals surface area contributed by atoms with Crippen LogP contribution in [-0.4, -0.2) is 42.1 Å². The van der Waals surface area contributed by atoms with E-state index in [1.54, 1.807) is 4.74 Å². The minimum Gasteiger partial charge on any atom is -0.398 e. The van der Waals surface area contributed by atoms with E-state index in [4.69, 9.17) is 0 Å². The van der Waals surface area contributed by atoms with Gasteiger partial charge in [0.2, 0.25) is 0 Å². The van der Waals surface area contributed by atoms with Gasteiger partial charge >= 0.3 is 54.2 Å². The molecule has 4 nitrogen and oxygen atoms in total. The summed E-state index contributed by atoms with van der Waals surface area (Å²) in [5.41, 5.74) is 0. The lowest BCUT2D eigenvalue weighted by atomic mass is 10.1. The fourth-order valence-electron chi connectivity index (χ4n) is 1.10. The molecular weight excluding hydrogens is 476 g/mol. The van der Waals surface area contributed by atoms with E-state index in [0.29, 0.717) is 0 Å². The molecule has 0 heterocycles. The normalized spacial score (nSPS) is 16.1. The lowest BCUT2D eigenvalue weighted by molar-refractivity contribution is -0.524. The monoisotopic (exact) mass is 476 g/mol. The molecule has 29 heavy (non-hydrogen) atoms. The summed E-state index contributed by atoms with van der Waals surface area (Å²) in [5, 5.41) is 0. The van der Waals surface area contributed by atoms with Gasteiger partial charge in [-0.1, -0.05) is 0 Å². The largest absolute Gasteiger partial charge is 0.471 e. The molecule has 0 aromatic rings. The molecule has 0 aliphatic carbocycles. The number of hydrogen-bond acceptors (Lipinski definition) is 4. The van der Waals surface area contributed by atoms with Crippen molar-refractivity contribution in [1.29, 1.82) is 0 Å². The SMILES string of the molecule is O=C(OF)C(F)(F)C(F)(F)C(F)(F)OC(F)(C(F)(F)F)C(F)(F)OC(F)=C(F)F. The summed E-state index contributed by atoms with van der Waals surface area (Å²) in [4.78, 5) is 11.5. The van der Waals surface area contributed by atoms with Crippen molar-refractivity contribution in [2.45, 2.75) is 36.1 Å². The molecule has 1 unspecified atom stereocenters. The van der Waals surface area contributed by atoms with Gasteiger partial charge in [0.1, 0.15) is 0 Å². The van der Waals surface area contributed by atoms with E-state index >= 15 is 0 Å². The molecule has 0 aliphatic rings. The Kier molecular flexibility index (Phi) is 7.03. The number of halogens is 16. The first-order chi connectivity index (χ1) is 12.5. The molecule has 0 radical (unpaired) electrons. The smallest absolute Gasteiger partial charge is 0.398 e. The molecule has 20 heteroatoms. The third-order valence-corrected chi connectivity index (χ3v) is 2.46. The van der Waals surface area contributed by atoms with Gasteiger partial charge in [0.05, 0.1) is 0 Å². The molecule has 0 aliphatic heterocycles. The van der Waals surface area contributed by atoms with E-state index in [9.17, 15) is 75.2 Å². The highest BCUT2D eigenvalue weighted by molar-refractivity contribution is 5.78. The average Bonchev–Trinajstić information content (AvgIpc) is 2.51. The van der Waals surface area contributed by atoms with Crippen molar-refractivity contribution in [3.63, 3.8) is 0 Å². The minimum absolute atomic E-state index is 1.39. The molecule has 1 atom stereocenters. The van der Waals surface area contributed by atoms with Crippen LogP contribution in [0.5, 0.6) is 0 Å². The molecule has 0 bridgehead atoms. The molecule has 0 aromatic carbocycles. The van der Waals surface area contributed by atoms with Crippen LogP contribution in [0.1, 0.15) is 0 Å². The van der Waals surface area contributed by atoms with Crippen LogP contribution in [0, 0.1) is 0 Å². The van der Waals surface area contributed by atoms with Gasteiger partial charge in [-0.25, -0.2) is 9.74 Å². The molecule has 0 rings (SSSR count). The average molecular weight is 476 g/mol. The maximum atomic E-state index is 13.5. The Morgan fingerprint density at radius 3 is 1.41 bits per heavy atom. The summed E-state index contributed by atoms with van der Waals surface area (Å²) in [6.45, 7) is 0. The first-order valence-electron chi connectivity index (χ1n) is 5.71. The zero-order chi connectivity index (χ0) is 23.9. The highest BCUT2D eigenvalue weighted by Crippen LogP contribution is 2.55. The Hall–Kier alpha value is -2.15. The van der Waals surface area contributed by atoms with Crippen molar-refractivity contribution in [3.05, 3.63) is 12.1 Å². The van der Waals surface area contributed by atoms with Gasteiger partial charge in [0.25, 0.3) is 0 Å². The van der Waals surface area contributed by atoms with Crippen LogP contribution in [0.2, 0.25) is 0 Å². The Bertz CT molecular complexity index is 649.